The van der Waals surface area contributed by atoms with Gasteiger partial charge in [-0.15, -0.1) is 0 Å². The van der Waals surface area contributed by atoms with Gasteiger partial charge in [0.2, 0.25) is 0 Å². The third-order valence-electron chi connectivity index (χ3n) is 4.57. The molecule has 1 aliphatic rings. The van der Waals surface area contributed by atoms with Gasteiger partial charge in [0.25, 0.3) is 0 Å². The van der Waals surface area contributed by atoms with Crippen molar-refractivity contribution in [3.8, 4) is 0 Å². The number of aryl methyl sites for hydroxylation is 1. The molecule has 0 N–H and O–H groups in total. The van der Waals surface area contributed by atoms with Gasteiger partial charge in [0.1, 0.15) is 5.65 Å². The average molecular weight is 292 g/mol. The molecule has 1 fully saturated rings. The minimum atomic E-state index is 0.426. The molecule has 3 aromatic heterocycles. The van der Waals surface area contributed by atoms with E-state index in [1.54, 1.807) is 0 Å². The second-order valence-electron chi connectivity index (χ2n) is 5.96. The van der Waals surface area contributed by atoms with Crippen LogP contribution in [0.5, 0.6) is 0 Å². The third kappa shape index (κ3) is 2.29. The van der Waals surface area contributed by atoms with Crippen LogP contribution in [0.15, 0.2) is 48.8 Å². The van der Waals surface area contributed by atoms with E-state index in [1.165, 1.54) is 24.2 Å². The van der Waals surface area contributed by atoms with E-state index < -0.39 is 0 Å². The summed E-state index contributed by atoms with van der Waals surface area (Å²) in [5.41, 5.74) is 4.63. The van der Waals surface area contributed by atoms with Gasteiger partial charge in [-0.3, -0.25) is 9.88 Å². The summed E-state index contributed by atoms with van der Waals surface area (Å²) in [4.78, 5) is 11.8. The van der Waals surface area contributed by atoms with E-state index in [-0.39, 0.29) is 0 Å². The van der Waals surface area contributed by atoms with Gasteiger partial charge in [-0.2, -0.15) is 0 Å². The SMILES string of the molecule is Cc1nc2ccccn2c1CN1CCC[C@H]1c1ccccn1. The van der Waals surface area contributed by atoms with Crippen LogP contribution in [0.2, 0.25) is 0 Å². The lowest BCUT2D eigenvalue weighted by Crippen LogP contribution is -2.24. The summed E-state index contributed by atoms with van der Waals surface area (Å²) in [6.07, 6.45) is 6.42. The largest absolute Gasteiger partial charge is 0.302 e. The first kappa shape index (κ1) is 13.5. The Hall–Kier alpha value is -2.20. The van der Waals surface area contributed by atoms with Crippen molar-refractivity contribution in [1.29, 1.82) is 0 Å². The first-order valence-electron chi connectivity index (χ1n) is 7.90. The summed E-state index contributed by atoms with van der Waals surface area (Å²) in [5, 5.41) is 0. The molecule has 0 bridgehead atoms. The highest BCUT2D eigenvalue weighted by atomic mass is 15.2. The van der Waals surface area contributed by atoms with Crippen LogP contribution in [0.4, 0.5) is 0 Å². The van der Waals surface area contributed by atoms with Crippen LogP contribution in [0, 0.1) is 6.92 Å². The number of rotatable bonds is 3. The van der Waals surface area contributed by atoms with E-state index in [1.807, 2.05) is 18.3 Å². The van der Waals surface area contributed by atoms with Gasteiger partial charge in [-0.25, -0.2) is 4.98 Å². The van der Waals surface area contributed by atoms with Crippen LogP contribution >= 0.6 is 0 Å². The normalized spacial score (nSPS) is 19.0. The molecule has 1 aliphatic heterocycles. The van der Waals surface area contributed by atoms with E-state index in [4.69, 9.17) is 0 Å². The number of fused-ring (bicyclic) bond motifs is 1. The van der Waals surface area contributed by atoms with Crippen molar-refractivity contribution >= 4 is 5.65 Å². The van der Waals surface area contributed by atoms with Crippen LogP contribution in [0.25, 0.3) is 5.65 Å². The molecule has 112 valence electrons. The summed E-state index contributed by atoms with van der Waals surface area (Å²) in [7, 11) is 0. The van der Waals surface area contributed by atoms with Crippen LogP contribution < -0.4 is 0 Å². The molecule has 0 aromatic carbocycles. The predicted molar refractivity (Wildman–Crippen MR) is 86.6 cm³/mol. The Labute approximate surface area is 130 Å². The number of nitrogens with zero attached hydrogens (tertiary/aromatic N) is 4. The fraction of sp³-hybridized carbons (Fsp3) is 0.333. The zero-order valence-corrected chi connectivity index (χ0v) is 12.8. The lowest BCUT2D eigenvalue weighted by molar-refractivity contribution is 0.240. The molecule has 0 radical (unpaired) electrons. The zero-order chi connectivity index (χ0) is 14.9. The second-order valence-corrected chi connectivity index (χ2v) is 5.96. The number of hydrogen-bond donors (Lipinski definition) is 0. The van der Waals surface area contributed by atoms with Crippen LogP contribution in [-0.4, -0.2) is 25.8 Å². The van der Waals surface area contributed by atoms with Crippen LogP contribution in [0.3, 0.4) is 0 Å². The molecule has 1 saturated heterocycles. The molecular weight excluding hydrogens is 272 g/mol. The van der Waals surface area contributed by atoms with Gasteiger partial charge in [0, 0.05) is 18.9 Å². The molecule has 4 heteroatoms. The van der Waals surface area contributed by atoms with E-state index in [0.29, 0.717) is 6.04 Å². The fourth-order valence-electron chi connectivity index (χ4n) is 3.47. The molecule has 1 atom stereocenters. The van der Waals surface area contributed by atoms with Gasteiger partial charge in [-0.05, 0) is 50.6 Å². The van der Waals surface area contributed by atoms with Crippen molar-refractivity contribution in [3.63, 3.8) is 0 Å². The smallest absolute Gasteiger partial charge is 0.137 e. The minimum absolute atomic E-state index is 0.426. The van der Waals surface area contributed by atoms with Crippen LogP contribution in [-0.2, 0) is 6.54 Å². The number of likely N-dealkylation sites (tertiary alicyclic amines) is 1. The summed E-state index contributed by atoms with van der Waals surface area (Å²) < 4.78 is 2.21. The number of aromatic nitrogens is 3. The maximum absolute atomic E-state index is 4.67. The maximum atomic E-state index is 4.67. The van der Waals surface area contributed by atoms with Gasteiger partial charge in [-0.1, -0.05) is 12.1 Å². The molecule has 0 amide bonds. The monoisotopic (exact) mass is 292 g/mol. The first-order chi connectivity index (χ1) is 10.8. The Morgan fingerprint density at radius 1 is 1.18 bits per heavy atom. The first-order valence-corrected chi connectivity index (χ1v) is 7.90. The van der Waals surface area contributed by atoms with Crippen molar-refractivity contribution in [3.05, 3.63) is 65.9 Å². The summed E-state index contributed by atoms with van der Waals surface area (Å²) in [6, 6.07) is 12.8. The third-order valence-corrected chi connectivity index (χ3v) is 4.57. The summed E-state index contributed by atoms with van der Waals surface area (Å²) in [5.74, 6) is 0. The molecule has 0 saturated carbocycles. The van der Waals surface area contributed by atoms with Gasteiger partial charge in [0.05, 0.1) is 23.1 Å². The van der Waals surface area contributed by atoms with Gasteiger partial charge >= 0.3 is 0 Å². The predicted octanol–water partition coefficient (Wildman–Crippen LogP) is 3.37. The topological polar surface area (TPSA) is 33.4 Å². The number of hydrogen-bond acceptors (Lipinski definition) is 3. The highest BCUT2D eigenvalue weighted by Crippen LogP contribution is 2.32. The fourth-order valence-corrected chi connectivity index (χ4v) is 3.47. The summed E-state index contributed by atoms with van der Waals surface area (Å²) >= 11 is 0. The molecule has 4 heterocycles. The molecule has 4 nitrogen and oxygen atoms in total. The average Bonchev–Trinajstić information content (AvgIpc) is 3.14. The highest BCUT2D eigenvalue weighted by molar-refractivity contribution is 5.42. The quantitative estimate of drug-likeness (QED) is 0.742. The Kier molecular flexibility index (Phi) is 3.39. The lowest BCUT2D eigenvalue weighted by atomic mass is 10.1. The Balaban J connectivity index is 1.66. The van der Waals surface area contributed by atoms with Crippen LogP contribution in [0.1, 0.15) is 36.0 Å². The van der Waals surface area contributed by atoms with E-state index in [2.05, 4.69) is 56.7 Å². The van der Waals surface area contributed by atoms with Gasteiger partial charge < -0.3 is 4.40 Å². The molecule has 22 heavy (non-hydrogen) atoms. The molecule has 0 spiro atoms. The van der Waals surface area contributed by atoms with E-state index in [9.17, 15) is 0 Å². The van der Waals surface area contributed by atoms with Crippen molar-refractivity contribution in [2.75, 3.05) is 6.54 Å². The van der Waals surface area contributed by atoms with E-state index >= 15 is 0 Å². The zero-order valence-electron chi connectivity index (χ0n) is 12.8. The highest BCUT2D eigenvalue weighted by Gasteiger charge is 2.28. The Bertz CT molecular complexity index is 778. The van der Waals surface area contributed by atoms with Crippen molar-refractivity contribution in [1.82, 2.24) is 19.3 Å². The molecule has 4 rings (SSSR count). The van der Waals surface area contributed by atoms with E-state index in [0.717, 1.165) is 24.4 Å². The lowest BCUT2D eigenvalue weighted by Gasteiger charge is -2.24. The standard InChI is InChI=1S/C18H20N4/c1-14-17(22-12-5-3-9-18(22)20-14)13-21-11-6-8-16(21)15-7-2-4-10-19-15/h2-5,7,9-10,12,16H,6,8,11,13H2,1H3/t16-/m0/s1. The Morgan fingerprint density at radius 2 is 2.09 bits per heavy atom. The molecular formula is C18H20N4. The number of pyridine rings is 2. The summed E-state index contributed by atoms with van der Waals surface area (Å²) in [6.45, 7) is 4.16. The molecule has 0 unspecified atom stereocenters. The Morgan fingerprint density at radius 3 is 2.95 bits per heavy atom. The van der Waals surface area contributed by atoms with Gasteiger partial charge in [0.15, 0.2) is 0 Å². The second kappa shape index (κ2) is 5.54. The minimum Gasteiger partial charge on any atom is -0.302 e. The number of imidazole rings is 1. The van der Waals surface area contributed by atoms with Crippen molar-refractivity contribution in [2.45, 2.75) is 32.4 Å². The van der Waals surface area contributed by atoms with Crippen molar-refractivity contribution < 1.29 is 0 Å². The van der Waals surface area contributed by atoms with Crippen molar-refractivity contribution in [2.24, 2.45) is 0 Å². The molecule has 0 aliphatic carbocycles. The maximum Gasteiger partial charge on any atom is 0.137 e. The molecule has 3 aromatic rings.